The van der Waals surface area contributed by atoms with E-state index in [4.69, 9.17) is 5.10 Å². The summed E-state index contributed by atoms with van der Waals surface area (Å²) in [5.41, 5.74) is 3.56. The molecule has 2 aliphatic rings. The standard InChI is InChI=1S/C27H22F2N6O2/c1-13-8-14(28)9-17-24(16-4-3-5-20-23(16)26(29)33(2)31-20)32-35(25(13)17)15-6-7-21(30-10-15)34-11-18-19(12-34)22(18)27(36)37/h3-10,18-19,22H,11-12H2,1-2H3,(H,36,37)/t18-,19+,22-. The lowest BCUT2D eigenvalue weighted by Crippen LogP contribution is -2.26. The Bertz CT molecular complexity index is 1730. The van der Waals surface area contributed by atoms with E-state index in [9.17, 15) is 14.3 Å². The van der Waals surface area contributed by atoms with Crippen LogP contribution in [0.15, 0.2) is 48.7 Å². The molecule has 1 N–H and O–H groups in total. The highest BCUT2D eigenvalue weighted by Crippen LogP contribution is 2.52. The maximum Gasteiger partial charge on any atom is 0.307 e. The van der Waals surface area contributed by atoms with Gasteiger partial charge in [-0.15, -0.1) is 0 Å². The zero-order chi connectivity index (χ0) is 25.6. The third-order valence-electron chi connectivity index (χ3n) is 7.76. The number of rotatable bonds is 4. The fourth-order valence-electron chi connectivity index (χ4n) is 5.96. The summed E-state index contributed by atoms with van der Waals surface area (Å²) in [6.07, 6.45) is 1.71. The number of halogens is 2. The zero-order valence-corrected chi connectivity index (χ0v) is 20.1. The molecule has 37 heavy (non-hydrogen) atoms. The topological polar surface area (TPSA) is 89.1 Å². The van der Waals surface area contributed by atoms with Crippen LogP contribution >= 0.6 is 0 Å². The number of aryl methyl sites for hydroxylation is 2. The van der Waals surface area contributed by atoms with Gasteiger partial charge in [-0.3, -0.25) is 4.79 Å². The van der Waals surface area contributed by atoms with Crippen molar-refractivity contribution < 1.29 is 18.7 Å². The molecular weight excluding hydrogens is 478 g/mol. The monoisotopic (exact) mass is 500 g/mol. The third-order valence-corrected chi connectivity index (χ3v) is 7.76. The van der Waals surface area contributed by atoms with Crippen molar-refractivity contribution in [2.24, 2.45) is 24.8 Å². The number of carbonyl (C=O) groups is 1. The molecule has 0 bridgehead atoms. The van der Waals surface area contributed by atoms with E-state index in [1.54, 1.807) is 36.1 Å². The van der Waals surface area contributed by atoms with Crippen molar-refractivity contribution in [3.8, 4) is 16.9 Å². The molecule has 4 heterocycles. The largest absolute Gasteiger partial charge is 0.481 e. The normalized spacial score (nSPS) is 20.6. The molecule has 3 aromatic heterocycles. The van der Waals surface area contributed by atoms with Crippen LogP contribution in [-0.4, -0.2) is 48.7 Å². The van der Waals surface area contributed by atoms with Gasteiger partial charge in [-0.1, -0.05) is 12.1 Å². The van der Waals surface area contributed by atoms with Gasteiger partial charge in [0, 0.05) is 31.1 Å². The Hall–Kier alpha value is -4.34. The van der Waals surface area contributed by atoms with Gasteiger partial charge in [0.1, 0.15) is 17.3 Å². The van der Waals surface area contributed by atoms with Gasteiger partial charge in [0.25, 0.3) is 0 Å². The van der Waals surface area contributed by atoms with E-state index < -0.39 is 17.7 Å². The van der Waals surface area contributed by atoms with Crippen molar-refractivity contribution in [3.63, 3.8) is 0 Å². The van der Waals surface area contributed by atoms with Gasteiger partial charge in [-0.05, 0) is 54.7 Å². The molecule has 10 heteroatoms. The van der Waals surface area contributed by atoms with Gasteiger partial charge in [0.05, 0.1) is 34.2 Å². The van der Waals surface area contributed by atoms with Crippen LogP contribution in [0.3, 0.4) is 0 Å². The maximum absolute atomic E-state index is 15.0. The number of aromatic nitrogens is 5. The second kappa shape index (κ2) is 7.58. The minimum absolute atomic E-state index is 0.185. The summed E-state index contributed by atoms with van der Waals surface area (Å²) >= 11 is 0. The predicted molar refractivity (Wildman–Crippen MR) is 134 cm³/mol. The SMILES string of the molecule is Cc1cc(F)cc2c(-c3cccc4nn(C)c(F)c34)nn(-c3ccc(N4C[C@@H]5[C@H](C4)[C@@H]5C(=O)O)nc3)c12. The molecule has 2 fully saturated rings. The molecule has 0 spiro atoms. The van der Waals surface area contributed by atoms with Gasteiger partial charge in [-0.2, -0.15) is 14.6 Å². The van der Waals surface area contributed by atoms with Crippen LogP contribution < -0.4 is 4.90 Å². The summed E-state index contributed by atoms with van der Waals surface area (Å²) in [4.78, 5) is 18.0. The first kappa shape index (κ1) is 21.9. The maximum atomic E-state index is 15.0. The van der Waals surface area contributed by atoms with Crippen molar-refractivity contribution in [2.45, 2.75) is 6.92 Å². The van der Waals surface area contributed by atoms with E-state index in [0.717, 1.165) is 5.82 Å². The Kier molecular flexibility index (Phi) is 4.49. The molecule has 5 aromatic rings. The fraction of sp³-hybridized carbons (Fsp3) is 0.259. The number of carboxylic acids is 1. The summed E-state index contributed by atoms with van der Waals surface area (Å²) in [5, 5.41) is 19.2. The molecule has 1 saturated heterocycles. The molecule has 186 valence electrons. The van der Waals surface area contributed by atoms with Crippen molar-refractivity contribution in [1.29, 1.82) is 0 Å². The predicted octanol–water partition coefficient (Wildman–Crippen LogP) is 4.33. The second-order valence-electron chi connectivity index (χ2n) is 9.96. The molecule has 3 atom stereocenters. The Morgan fingerprint density at radius 3 is 2.57 bits per heavy atom. The number of carboxylic acid groups (broad SMARTS) is 1. The van der Waals surface area contributed by atoms with Crippen molar-refractivity contribution >= 4 is 33.6 Å². The van der Waals surface area contributed by atoms with Gasteiger partial charge in [0.15, 0.2) is 0 Å². The van der Waals surface area contributed by atoms with Crippen LogP contribution in [0, 0.1) is 36.4 Å². The van der Waals surface area contributed by atoms with Crippen LogP contribution in [0.4, 0.5) is 14.6 Å². The lowest BCUT2D eigenvalue weighted by molar-refractivity contribution is -0.139. The Morgan fingerprint density at radius 2 is 1.86 bits per heavy atom. The molecule has 8 nitrogen and oxygen atoms in total. The fourth-order valence-corrected chi connectivity index (χ4v) is 5.96. The van der Waals surface area contributed by atoms with Crippen molar-refractivity contribution in [2.75, 3.05) is 18.0 Å². The summed E-state index contributed by atoms with van der Waals surface area (Å²) in [7, 11) is 1.54. The first-order valence-electron chi connectivity index (χ1n) is 12.1. The number of nitrogens with zero attached hydrogens (tertiary/aromatic N) is 6. The number of hydrogen-bond acceptors (Lipinski definition) is 5. The van der Waals surface area contributed by atoms with Gasteiger partial charge in [0.2, 0.25) is 5.95 Å². The summed E-state index contributed by atoms with van der Waals surface area (Å²) in [6.45, 7) is 3.18. The average molecular weight is 501 g/mol. The Balaban J connectivity index is 1.32. The van der Waals surface area contributed by atoms with Crippen LogP contribution in [0.2, 0.25) is 0 Å². The molecule has 2 aromatic carbocycles. The minimum Gasteiger partial charge on any atom is -0.481 e. The van der Waals surface area contributed by atoms with Gasteiger partial charge < -0.3 is 10.0 Å². The van der Waals surface area contributed by atoms with E-state index in [-0.39, 0.29) is 17.8 Å². The number of anilines is 1. The van der Waals surface area contributed by atoms with Crippen LogP contribution in [0.1, 0.15) is 5.56 Å². The molecule has 0 radical (unpaired) electrons. The quantitative estimate of drug-likeness (QED) is 0.395. The molecule has 0 unspecified atom stereocenters. The molecular formula is C27H22F2N6O2. The molecule has 1 aliphatic heterocycles. The van der Waals surface area contributed by atoms with E-state index in [1.165, 1.54) is 16.8 Å². The third kappa shape index (κ3) is 3.18. The van der Waals surface area contributed by atoms with Crippen LogP contribution in [0.25, 0.3) is 38.8 Å². The highest BCUT2D eigenvalue weighted by atomic mass is 19.1. The molecule has 1 aliphatic carbocycles. The van der Waals surface area contributed by atoms with E-state index >= 15 is 4.39 Å². The van der Waals surface area contributed by atoms with Crippen molar-refractivity contribution in [1.82, 2.24) is 24.5 Å². The number of hydrogen-bond donors (Lipinski definition) is 1. The zero-order valence-electron chi connectivity index (χ0n) is 20.1. The smallest absolute Gasteiger partial charge is 0.307 e. The van der Waals surface area contributed by atoms with Gasteiger partial charge >= 0.3 is 5.97 Å². The van der Waals surface area contributed by atoms with E-state index in [2.05, 4.69) is 15.0 Å². The number of benzene rings is 2. The number of piperidine rings is 1. The number of fused-ring (bicyclic) bond motifs is 3. The van der Waals surface area contributed by atoms with Crippen LogP contribution in [-0.2, 0) is 11.8 Å². The highest BCUT2D eigenvalue weighted by molar-refractivity contribution is 6.03. The Labute approximate surface area is 209 Å². The lowest BCUT2D eigenvalue weighted by Gasteiger charge is -2.20. The van der Waals surface area contributed by atoms with E-state index in [1.807, 2.05) is 19.1 Å². The Morgan fingerprint density at radius 1 is 1.08 bits per heavy atom. The first-order chi connectivity index (χ1) is 17.8. The number of pyridine rings is 1. The molecule has 7 rings (SSSR count). The summed E-state index contributed by atoms with van der Waals surface area (Å²) in [6, 6.07) is 11.9. The molecule has 1 saturated carbocycles. The van der Waals surface area contributed by atoms with E-state index in [0.29, 0.717) is 57.4 Å². The van der Waals surface area contributed by atoms with Crippen molar-refractivity contribution in [3.05, 3.63) is 66.0 Å². The highest BCUT2D eigenvalue weighted by Gasteiger charge is 2.60. The lowest BCUT2D eigenvalue weighted by atomic mass is 10.0. The number of aliphatic carboxylic acids is 1. The van der Waals surface area contributed by atoms with Crippen LogP contribution in [0.5, 0.6) is 0 Å². The summed E-state index contributed by atoms with van der Waals surface area (Å²) in [5.74, 6) is -0.683. The van der Waals surface area contributed by atoms with Gasteiger partial charge in [-0.25, -0.2) is 18.7 Å². The average Bonchev–Trinajstić information content (AvgIpc) is 3.13. The molecule has 0 amide bonds. The second-order valence-corrected chi connectivity index (χ2v) is 9.96. The minimum atomic E-state index is -0.715. The summed E-state index contributed by atoms with van der Waals surface area (Å²) < 4.78 is 32.5. The first-order valence-corrected chi connectivity index (χ1v) is 12.1.